The molecule has 0 radical (unpaired) electrons. The van der Waals surface area contributed by atoms with Gasteiger partial charge in [-0.1, -0.05) is 47.5 Å². The highest BCUT2D eigenvalue weighted by Gasteiger charge is 2.22. The lowest BCUT2D eigenvalue weighted by molar-refractivity contribution is 0.0939. The molecule has 0 saturated heterocycles. The van der Waals surface area contributed by atoms with Crippen molar-refractivity contribution in [1.82, 2.24) is 5.32 Å². The van der Waals surface area contributed by atoms with E-state index in [9.17, 15) is 13.2 Å². The third kappa shape index (κ3) is 5.29. The first-order valence-electron chi connectivity index (χ1n) is 11.5. The highest BCUT2D eigenvalue weighted by atomic mass is 35.5. The summed E-state index contributed by atoms with van der Waals surface area (Å²) in [6.45, 7) is 5.70. The number of amides is 1. The van der Waals surface area contributed by atoms with Gasteiger partial charge in [-0.05, 0) is 93.0 Å². The van der Waals surface area contributed by atoms with E-state index in [0.717, 1.165) is 29.5 Å². The van der Waals surface area contributed by atoms with E-state index >= 15 is 0 Å². The molecule has 0 saturated carbocycles. The van der Waals surface area contributed by atoms with E-state index in [1.165, 1.54) is 42.2 Å². The van der Waals surface area contributed by atoms with Gasteiger partial charge in [0.2, 0.25) is 0 Å². The molecule has 1 amide bonds. The molecule has 0 aromatic heterocycles. The third-order valence-electron chi connectivity index (χ3n) is 6.33. The number of hydrogen-bond acceptors (Lipinski definition) is 3. The molecule has 1 unspecified atom stereocenters. The van der Waals surface area contributed by atoms with Crippen molar-refractivity contribution in [2.75, 3.05) is 4.72 Å². The maximum atomic E-state index is 13.1. The first-order valence-corrected chi connectivity index (χ1v) is 13.3. The Morgan fingerprint density at radius 1 is 0.941 bits per heavy atom. The highest BCUT2D eigenvalue weighted by Crippen LogP contribution is 2.28. The number of halogens is 1. The molecule has 0 heterocycles. The normalized spacial score (nSPS) is 14.2. The van der Waals surface area contributed by atoms with E-state index in [4.69, 9.17) is 11.6 Å². The van der Waals surface area contributed by atoms with Crippen LogP contribution in [0, 0.1) is 13.8 Å². The number of anilines is 1. The van der Waals surface area contributed by atoms with Crippen molar-refractivity contribution in [3.8, 4) is 0 Å². The number of fused-ring (bicyclic) bond motifs is 1. The molecule has 1 aliphatic rings. The van der Waals surface area contributed by atoms with Crippen LogP contribution in [0.3, 0.4) is 0 Å². The molecule has 178 valence electrons. The molecule has 3 aromatic rings. The van der Waals surface area contributed by atoms with Crippen molar-refractivity contribution >= 4 is 33.2 Å². The SMILES string of the molecule is Cc1ccc(NS(=O)(=O)c2cc(C(=O)NC(C)c3ccc4c(c3)CCCC4)ccc2Cl)c(C)c1. The number of carbonyl (C=O) groups is 1. The first kappa shape index (κ1) is 24.3. The van der Waals surface area contributed by atoms with Crippen LogP contribution in [-0.2, 0) is 22.9 Å². The molecule has 1 atom stereocenters. The Bertz CT molecular complexity index is 1350. The van der Waals surface area contributed by atoms with Crippen LogP contribution in [0.2, 0.25) is 5.02 Å². The van der Waals surface area contributed by atoms with Gasteiger partial charge in [0.15, 0.2) is 0 Å². The summed E-state index contributed by atoms with van der Waals surface area (Å²) in [4.78, 5) is 12.9. The summed E-state index contributed by atoms with van der Waals surface area (Å²) in [6.07, 6.45) is 4.58. The van der Waals surface area contributed by atoms with Crippen molar-refractivity contribution in [2.45, 2.75) is 57.4 Å². The van der Waals surface area contributed by atoms with Crippen LogP contribution in [0.25, 0.3) is 0 Å². The largest absolute Gasteiger partial charge is 0.346 e. The monoisotopic (exact) mass is 496 g/mol. The van der Waals surface area contributed by atoms with Crippen molar-refractivity contribution in [2.24, 2.45) is 0 Å². The van der Waals surface area contributed by atoms with Crippen LogP contribution in [0.5, 0.6) is 0 Å². The molecule has 0 bridgehead atoms. The van der Waals surface area contributed by atoms with Gasteiger partial charge in [0.05, 0.1) is 16.8 Å². The quantitative estimate of drug-likeness (QED) is 0.431. The predicted octanol–water partition coefficient (Wildman–Crippen LogP) is 6.13. The molecular weight excluding hydrogens is 468 g/mol. The van der Waals surface area contributed by atoms with E-state index in [0.29, 0.717) is 5.69 Å². The number of benzene rings is 3. The van der Waals surface area contributed by atoms with Gasteiger partial charge in [-0.15, -0.1) is 0 Å². The molecule has 34 heavy (non-hydrogen) atoms. The van der Waals surface area contributed by atoms with E-state index < -0.39 is 10.0 Å². The summed E-state index contributed by atoms with van der Waals surface area (Å²) in [5, 5.41) is 3.04. The molecule has 0 fully saturated rings. The first-order chi connectivity index (χ1) is 16.1. The minimum Gasteiger partial charge on any atom is -0.346 e. The average Bonchev–Trinajstić information content (AvgIpc) is 2.80. The van der Waals surface area contributed by atoms with E-state index in [1.54, 1.807) is 6.07 Å². The Balaban J connectivity index is 1.54. The fourth-order valence-corrected chi connectivity index (χ4v) is 6.02. The fourth-order valence-electron chi connectivity index (χ4n) is 4.36. The molecule has 0 spiro atoms. The summed E-state index contributed by atoms with van der Waals surface area (Å²) in [5.74, 6) is -0.357. The maximum Gasteiger partial charge on any atom is 0.263 e. The molecule has 0 aliphatic heterocycles. The predicted molar refractivity (Wildman–Crippen MR) is 137 cm³/mol. The zero-order valence-corrected chi connectivity index (χ0v) is 21.2. The number of nitrogens with one attached hydrogen (secondary N) is 2. The molecule has 3 aromatic carbocycles. The van der Waals surface area contributed by atoms with Gasteiger partial charge in [-0.2, -0.15) is 0 Å². The van der Waals surface area contributed by atoms with Crippen LogP contribution in [0.1, 0.15) is 64.0 Å². The van der Waals surface area contributed by atoms with Crippen LogP contribution in [-0.4, -0.2) is 14.3 Å². The van der Waals surface area contributed by atoms with E-state index in [-0.39, 0.29) is 27.4 Å². The van der Waals surface area contributed by atoms with Crippen molar-refractivity contribution in [1.29, 1.82) is 0 Å². The zero-order chi connectivity index (χ0) is 24.5. The lowest BCUT2D eigenvalue weighted by Gasteiger charge is -2.20. The van der Waals surface area contributed by atoms with Gasteiger partial charge in [-0.3, -0.25) is 9.52 Å². The van der Waals surface area contributed by atoms with Gasteiger partial charge >= 0.3 is 0 Å². The van der Waals surface area contributed by atoms with Gasteiger partial charge < -0.3 is 5.32 Å². The third-order valence-corrected chi connectivity index (χ3v) is 8.18. The Hall–Kier alpha value is -2.83. The summed E-state index contributed by atoms with van der Waals surface area (Å²) < 4.78 is 28.8. The Kier molecular flexibility index (Phi) is 7.01. The van der Waals surface area contributed by atoms with Crippen LogP contribution in [0.15, 0.2) is 59.5 Å². The Morgan fingerprint density at radius 3 is 2.41 bits per heavy atom. The van der Waals surface area contributed by atoms with Gasteiger partial charge in [0, 0.05) is 5.56 Å². The van der Waals surface area contributed by atoms with E-state index in [1.807, 2.05) is 32.9 Å². The number of rotatable bonds is 6. The number of hydrogen-bond donors (Lipinski definition) is 2. The topological polar surface area (TPSA) is 75.3 Å². The van der Waals surface area contributed by atoms with Gasteiger partial charge in [0.25, 0.3) is 15.9 Å². The molecule has 2 N–H and O–H groups in total. The number of sulfonamides is 1. The lowest BCUT2D eigenvalue weighted by Crippen LogP contribution is -2.27. The second-order valence-corrected chi connectivity index (χ2v) is 11.1. The summed E-state index contributed by atoms with van der Waals surface area (Å²) in [5.41, 5.74) is 6.30. The average molecular weight is 497 g/mol. The second kappa shape index (κ2) is 9.80. The standard InChI is InChI=1S/C27H29ClN2O3S/c1-17-8-13-25(18(2)14-17)30-34(32,33)26-16-23(11-12-24(26)28)27(31)29-19(3)21-10-9-20-6-4-5-7-22(20)15-21/h8-16,19,30H,4-7H2,1-3H3,(H,29,31). The Morgan fingerprint density at radius 2 is 1.68 bits per heavy atom. The van der Waals surface area contributed by atoms with E-state index in [2.05, 4.69) is 28.2 Å². The fraction of sp³-hybridized carbons (Fsp3) is 0.296. The second-order valence-electron chi connectivity index (χ2n) is 9.00. The van der Waals surface area contributed by atoms with Crippen molar-refractivity contribution in [3.63, 3.8) is 0 Å². The van der Waals surface area contributed by atoms with Gasteiger partial charge in [-0.25, -0.2) is 8.42 Å². The van der Waals surface area contributed by atoms with Crippen LogP contribution >= 0.6 is 11.6 Å². The maximum absolute atomic E-state index is 13.1. The lowest BCUT2D eigenvalue weighted by atomic mass is 9.89. The summed E-state index contributed by atoms with van der Waals surface area (Å²) in [7, 11) is -3.99. The summed E-state index contributed by atoms with van der Waals surface area (Å²) in [6, 6.07) is 15.9. The van der Waals surface area contributed by atoms with Crippen LogP contribution < -0.4 is 10.0 Å². The summed E-state index contributed by atoms with van der Waals surface area (Å²) >= 11 is 6.23. The smallest absolute Gasteiger partial charge is 0.263 e. The minimum absolute atomic E-state index is 0.0524. The molecule has 4 rings (SSSR count). The van der Waals surface area contributed by atoms with Gasteiger partial charge in [0.1, 0.15) is 4.90 Å². The minimum atomic E-state index is -3.99. The molecule has 5 nitrogen and oxygen atoms in total. The zero-order valence-electron chi connectivity index (χ0n) is 19.6. The number of aryl methyl sites for hydroxylation is 4. The van der Waals surface area contributed by atoms with Crippen molar-refractivity contribution < 1.29 is 13.2 Å². The molecule has 1 aliphatic carbocycles. The van der Waals surface area contributed by atoms with Crippen molar-refractivity contribution in [3.05, 3.63) is 93.0 Å². The van der Waals surface area contributed by atoms with Crippen LogP contribution in [0.4, 0.5) is 5.69 Å². The molecule has 7 heteroatoms. The number of carbonyl (C=O) groups excluding carboxylic acids is 1. The highest BCUT2D eigenvalue weighted by molar-refractivity contribution is 7.92. The molecular formula is C27H29ClN2O3S. The Labute approximate surface area is 206 Å².